The number of anilines is 1. The third-order valence-electron chi connectivity index (χ3n) is 8.61. The third kappa shape index (κ3) is 8.81. The molecule has 272 valence electrons. The summed E-state index contributed by atoms with van der Waals surface area (Å²) >= 11 is 0. The highest BCUT2D eigenvalue weighted by Gasteiger charge is 2.44. The Labute approximate surface area is 303 Å². The summed E-state index contributed by atoms with van der Waals surface area (Å²) in [6.07, 6.45) is -1.10. The van der Waals surface area contributed by atoms with E-state index in [1.165, 1.54) is 0 Å². The number of carbonyl (C=O) groups is 2. The van der Waals surface area contributed by atoms with Gasteiger partial charge in [0.2, 0.25) is 10.0 Å². The van der Waals surface area contributed by atoms with Crippen LogP contribution in [0.25, 0.3) is 11.2 Å². The van der Waals surface area contributed by atoms with Gasteiger partial charge < -0.3 is 20.1 Å². The number of benzene rings is 3. The predicted octanol–water partition coefficient (Wildman–Crippen LogP) is 4.79. The van der Waals surface area contributed by atoms with Crippen molar-refractivity contribution >= 4 is 38.9 Å². The van der Waals surface area contributed by atoms with E-state index in [0.29, 0.717) is 35.6 Å². The summed E-state index contributed by atoms with van der Waals surface area (Å²) in [5.74, 6) is -0.531. The second kappa shape index (κ2) is 16.4. The summed E-state index contributed by atoms with van der Waals surface area (Å²) in [5.41, 5.74) is 3.35. The van der Waals surface area contributed by atoms with Crippen LogP contribution in [0.2, 0.25) is 0 Å². The zero-order valence-corrected chi connectivity index (χ0v) is 30.1. The third-order valence-corrected chi connectivity index (χ3v) is 10.3. The van der Waals surface area contributed by atoms with E-state index in [-0.39, 0.29) is 36.4 Å². The van der Waals surface area contributed by atoms with E-state index < -0.39 is 40.3 Å². The Kier molecular flexibility index (Phi) is 11.6. The normalized spacial score (nSPS) is 17.4. The van der Waals surface area contributed by atoms with Crippen LogP contribution < -0.4 is 15.4 Å². The van der Waals surface area contributed by atoms with Crippen LogP contribution in [-0.4, -0.2) is 70.9 Å². The van der Waals surface area contributed by atoms with Crippen molar-refractivity contribution in [2.75, 3.05) is 24.2 Å². The van der Waals surface area contributed by atoms with Crippen LogP contribution in [0.4, 0.5) is 5.82 Å². The molecule has 0 unspecified atom stereocenters. The second-order valence-corrected chi connectivity index (χ2v) is 14.9. The van der Waals surface area contributed by atoms with Gasteiger partial charge in [-0.25, -0.2) is 32.9 Å². The Balaban J connectivity index is 1.34. The molecular formula is C38H43N7O6S. The molecule has 5 aromatic rings. The minimum atomic E-state index is -3.61. The Morgan fingerprint density at radius 3 is 2.19 bits per heavy atom. The summed E-state index contributed by atoms with van der Waals surface area (Å²) in [5, 5.41) is 6.25. The van der Waals surface area contributed by atoms with Crippen molar-refractivity contribution in [2.24, 2.45) is 5.92 Å². The first-order valence-corrected chi connectivity index (χ1v) is 19.0. The minimum absolute atomic E-state index is 0.0430. The fourth-order valence-electron chi connectivity index (χ4n) is 6.25. The smallest absolute Gasteiger partial charge is 0.338 e. The lowest BCUT2D eigenvalue weighted by atomic mass is 9.91. The number of nitrogens with one attached hydrogen (secondary N) is 3. The van der Waals surface area contributed by atoms with Crippen LogP contribution in [0, 0.1) is 5.92 Å². The Morgan fingerprint density at radius 1 is 0.942 bits per heavy atom. The lowest BCUT2D eigenvalue weighted by Crippen LogP contribution is -2.41. The minimum Gasteiger partial charge on any atom is -0.455 e. The Morgan fingerprint density at radius 2 is 1.58 bits per heavy atom. The van der Waals surface area contributed by atoms with Gasteiger partial charge in [-0.3, -0.25) is 9.36 Å². The lowest BCUT2D eigenvalue weighted by Gasteiger charge is -2.20. The standard InChI is InChI=1S/C38H43N7O6S/c1-4-39-37(46)34-30(50-38(47)28-18-12-7-13-19-28)20-32(51-34)45-24-41-33-35(43-31(44-36(33)45)22-42-52(48,49)23-25(2)3)40-21-29(26-14-8-5-9-15-26)27-16-10-6-11-17-27/h5-19,24-25,29-30,32,34,42H,4,20-23H2,1-3H3,(H,39,46)(H,40,43,44)/t30-,32+,34-/m0/s1. The highest BCUT2D eigenvalue weighted by Crippen LogP contribution is 2.35. The van der Waals surface area contributed by atoms with Gasteiger partial charge in [0.1, 0.15) is 18.2 Å². The average molecular weight is 726 g/mol. The van der Waals surface area contributed by atoms with E-state index in [0.717, 1.165) is 11.1 Å². The molecule has 0 spiro atoms. The summed E-state index contributed by atoms with van der Waals surface area (Å²) in [6.45, 7) is 6.11. The number of carbonyl (C=O) groups excluding carboxylic acids is 2. The number of esters is 1. The van der Waals surface area contributed by atoms with Crippen molar-refractivity contribution in [1.29, 1.82) is 0 Å². The number of amides is 1. The van der Waals surface area contributed by atoms with Crippen LogP contribution >= 0.6 is 0 Å². The molecule has 6 rings (SSSR count). The fraction of sp³-hybridized carbons (Fsp3) is 0.342. The maximum atomic E-state index is 13.1. The van der Waals surface area contributed by atoms with Gasteiger partial charge in [0.25, 0.3) is 5.91 Å². The molecule has 52 heavy (non-hydrogen) atoms. The van der Waals surface area contributed by atoms with Crippen LogP contribution in [0.15, 0.2) is 97.3 Å². The first-order chi connectivity index (χ1) is 25.1. The largest absolute Gasteiger partial charge is 0.455 e. The maximum Gasteiger partial charge on any atom is 0.338 e. The first kappa shape index (κ1) is 36.6. The van der Waals surface area contributed by atoms with Gasteiger partial charge in [-0.15, -0.1) is 0 Å². The summed E-state index contributed by atoms with van der Waals surface area (Å²) < 4.78 is 42.0. The van der Waals surface area contributed by atoms with Crippen molar-refractivity contribution in [1.82, 2.24) is 29.6 Å². The van der Waals surface area contributed by atoms with Crippen molar-refractivity contribution in [2.45, 2.75) is 58.1 Å². The molecule has 0 bridgehead atoms. The van der Waals surface area contributed by atoms with Crippen LogP contribution in [-0.2, 0) is 30.8 Å². The summed E-state index contributed by atoms with van der Waals surface area (Å²) in [6, 6.07) is 28.8. The summed E-state index contributed by atoms with van der Waals surface area (Å²) in [4.78, 5) is 40.3. The quantitative estimate of drug-likeness (QED) is 0.128. The number of imidazole rings is 1. The fourth-order valence-corrected chi connectivity index (χ4v) is 7.60. The molecule has 14 heteroatoms. The number of nitrogens with zero attached hydrogens (tertiary/aromatic N) is 4. The van der Waals surface area contributed by atoms with Gasteiger partial charge in [0.05, 0.1) is 24.2 Å². The molecule has 1 amide bonds. The zero-order valence-electron chi connectivity index (χ0n) is 29.3. The molecule has 1 fully saturated rings. The monoisotopic (exact) mass is 725 g/mol. The molecule has 1 aliphatic heterocycles. The van der Waals surface area contributed by atoms with Gasteiger partial charge in [-0.1, -0.05) is 92.7 Å². The van der Waals surface area contributed by atoms with Crippen LogP contribution in [0.3, 0.4) is 0 Å². The lowest BCUT2D eigenvalue weighted by molar-refractivity contribution is -0.137. The Bertz CT molecular complexity index is 2040. The molecule has 3 N–H and O–H groups in total. The van der Waals surface area contributed by atoms with Gasteiger partial charge in [-0.05, 0) is 36.1 Å². The van der Waals surface area contributed by atoms with Crippen molar-refractivity contribution in [3.8, 4) is 0 Å². The highest BCUT2D eigenvalue weighted by atomic mass is 32.2. The second-order valence-electron chi connectivity index (χ2n) is 13.0. The number of ether oxygens (including phenoxy) is 2. The SMILES string of the molecule is CCNC(=O)[C@H]1O[C@@H](n2cnc3c(NCC(c4ccccc4)c4ccccc4)nc(CNS(=O)(=O)CC(C)C)nc32)C[C@@H]1OC(=O)c1ccccc1. The molecule has 0 saturated carbocycles. The molecule has 2 aromatic heterocycles. The predicted molar refractivity (Wildman–Crippen MR) is 197 cm³/mol. The van der Waals surface area contributed by atoms with Crippen LogP contribution in [0.1, 0.15) is 66.6 Å². The molecule has 3 aromatic carbocycles. The van der Waals surface area contributed by atoms with Crippen molar-refractivity contribution in [3.63, 3.8) is 0 Å². The number of rotatable bonds is 15. The number of hydrogen-bond donors (Lipinski definition) is 3. The van der Waals surface area contributed by atoms with Crippen molar-refractivity contribution < 1.29 is 27.5 Å². The van der Waals surface area contributed by atoms with Crippen molar-refractivity contribution in [3.05, 3.63) is 120 Å². The van der Waals surface area contributed by atoms with Crippen LogP contribution in [0.5, 0.6) is 0 Å². The van der Waals surface area contributed by atoms with Gasteiger partial charge >= 0.3 is 5.97 Å². The summed E-state index contributed by atoms with van der Waals surface area (Å²) in [7, 11) is -3.61. The van der Waals surface area contributed by atoms with E-state index in [2.05, 4.69) is 44.6 Å². The topological polar surface area (TPSA) is 166 Å². The van der Waals surface area contributed by atoms with E-state index in [9.17, 15) is 18.0 Å². The first-order valence-electron chi connectivity index (χ1n) is 17.4. The number of sulfonamides is 1. The molecule has 1 aliphatic rings. The van der Waals surface area contributed by atoms with E-state index in [1.54, 1.807) is 48.1 Å². The maximum absolute atomic E-state index is 13.1. The van der Waals surface area contributed by atoms with E-state index in [1.807, 2.05) is 50.2 Å². The number of likely N-dealkylation sites (N-methyl/N-ethyl adjacent to an activating group) is 1. The molecule has 1 saturated heterocycles. The highest BCUT2D eigenvalue weighted by molar-refractivity contribution is 7.89. The van der Waals surface area contributed by atoms with Gasteiger partial charge in [0.15, 0.2) is 23.1 Å². The average Bonchev–Trinajstić information content (AvgIpc) is 3.76. The van der Waals surface area contributed by atoms with Gasteiger partial charge in [0, 0.05) is 25.4 Å². The molecule has 0 radical (unpaired) electrons. The molecule has 0 aliphatic carbocycles. The number of fused-ring (bicyclic) bond motifs is 1. The number of hydrogen-bond acceptors (Lipinski definition) is 10. The van der Waals surface area contributed by atoms with E-state index >= 15 is 0 Å². The zero-order chi connectivity index (χ0) is 36.7. The number of aromatic nitrogens is 4. The molecular weight excluding hydrogens is 683 g/mol. The molecule has 3 heterocycles. The van der Waals surface area contributed by atoms with Gasteiger partial charge in [-0.2, -0.15) is 0 Å². The molecule has 13 nitrogen and oxygen atoms in total. The van der Waals surface area contributed by atoms with E-state index in [4.69, 9.17) is 19.4 Å². The Hall–Kier alpha value is -5.18. The molecule has 3 atom stereocenters.